The van der Waals surface area contributed by atoms with Crippen LogP contribution in [0.1, 0.15) is 45.6 Å². The number of piperidine rings is 1. The molecule has 9 nitrogen and oxygen atoms in total. The van der Waals surface area contributed by atoms with Crippen LogP contribution >= 0.6 is 0 Å². The smallest absolute Gasteiger partial charge is 0.405 e. The average Bonchev–Trinajstić information content (AvgIpc) is 3.49. The molecule has 1 heterocycles. The van der Waals surface area contributed by atoms with Crippen molar-refractivity contribution in [3.63, 3.8) is 0 Å². The minimum atomic E-state index is -3.40. The van der Waals surface area contributed by atoms with Crippen LogP contribution in [0.5, 0.6) is 0 Å². The van der Waals surface area contributed by atoms with E-state index in [1.807, 2.05) is 12.1 Å². The van der Waals surface area contributed by atoms with Gasteiger partial charge in [0.1, 0.15) is 11.4 Å². The highest BCUT2D eigenvalue weighted by molar-refractivity contribution is 7.91. The second-order valence-corrected chi connectivity index (χ2v) is 18.1. The summed E-state index contributed by atoms with van der Waals surface area (Å²) in [7, 11) is -5.56. The Morgan fingerprint density at radius 1 is 1.26 bits per heavy atom. The molecule has 1 saturated heterocycles. The zero-order valence-corrected chi connectivity index (χ0v) is 22.6. The number of nitrogens with zero attached hydrogens (tertiary/aromatic N) is 1. The van der Waals surface area contributed by atoms with Gasteiger partial charge in [0, 0.05) is 23.8 Å². The van der Waals surface area contributed by atoms with Gasteiger partial charge < -0.3 is 25.5 Å². The molecule has 1 aliphatic heterocycles. The molecule has 3 atom stereocenters. The second kappa shape index (κ2) is 8.92. The fourth-order valence-corrected chi connectivity index (χ4v) is 6.91. The quantitative estimate of drug-likeness (QED) is 0.478. The van der Waals surface area contributed by atoms with E-state index in [0.29, 0.717) is 25.1 Å². The molecule has 190 valence electrons. The number of nitrogens with one attached hydrogen (secondary N) is 1. The fraction of sp³-hybridized carbons (Fsp3) is 0.652. The minimum Gasteiger partial charge on any atom is -0.465 e. The minimum absolute atomic E-state index is 0.0341. The largest absolute Gasteiger partial charge is 0.465 e. The molecule has 0 aromatic heterocycles. The number of nitrogens with two attached hydrogens (primary N) is 1. The topological polar surface area (TPSA) is 139 Å². The van der Waals surface area contributed by atoms with Gasteiger partial charge in [-0.05, 0) is 48.7 Å². The van der Waals surface area contributed by atoms with Gasteiger partial charge in [0.15, 0.2) is 18.2 Å². The van der Waals surface area contributed by atoms with Crippen LogP contribution in [0.3, 0.4) is 0 Å². The number of sulfone groups is 1. The van der Waals surface area contributed by atoms with Gasteiger partial charge in [-0.3, -0.25) is 4.79 Å². The van der Waals surface area contributed by atoms with E-state index in [9.17, 15) is 23.1 Å². The SMILES string of the molecule is CC(C)(C)[Si](C)(C)OC1CC(NC(=O)O)C(=O)N(c2ccc(C3(C(N)S(C)(=O)=O)CC3)cc2)C1. The lowest BCUT2D eigenvalue weighted by molar-refractivity contribution is -0.123. The molecule has 1 saturated carbocycles. The van der Waals surface area contributed by atoms with Gasteiger partial charge in [-0.1, -0.05) is 32.9 Å². The summed E-state index contributed by atoms with van der Waals surface area (Å²) in [6.07, 6.45) is 1.23. The van der Waals surface area contributed by atoms with Crippen molar-refractivity contribution in [3.8, 4) is 0 Å². The second-order valence-electron chi connectivity index (χ2n) is 11.1. The molecule has 3 rings (SSSR count). The third-order valence-electron chi connectivity index (χ3n) is 7.56. The molecule has 4 N–H and O–H groups in total. The molecule has 1 aliphatic carbocycles. The van der Waals surface area contributed by atoms with Crippen molar-refractivity contribution in [3.05, 3.63) is 29.8 Å². The summed E-state index contributed by atoms with van der Waals surface area (Å²) in [4.78, 5) is 26.1. The number of carbonyl (C=O) groups excluding carboxylic acids is 1. The molecule has 0 spiro atoms. The number of carbonyl (C=O) groups is 2. The van der Waals surface area contributed by atoms with Crippen molar-refractivity contribution in [1.82, 2.24) is 5.32 Å². The Morgan fingerprint density at radius 3 is 2.26 bits per heavy atom. The Balaban J connectivity index is 1.87. The summed E-state index contributed by atoms with van der Waals surface area (Å²) in [5.41, 5.74) is 6.91. The maximum atomic E-state index is 13.2. The lowest BCUT2D eigenvalue weighted by Gasteiger charge is -2.44. The van der Waals surface area contributed by atoms with Crippen LogP contribution < -0.4 is 16.0 Å². The maximum absolute atomic E-state index is 13.2. The molecule has 2 amide bonds. The van der Waals surface area contributed by atoms with E-state index >= 15 is 0 Å². The number of hydrogen-bond acceptors (Lipinski definition) is 6. The van der Waals surface area contributed by atoms with Crippen LogP contribution in [-0.2, 0) is 24.5 Å². The normalized spacial score (nSPS) is 24.0. The van der Waals surface area contributed by atoms with Crippen LogP contribution in [0.25, 0.3) is 0 Å². The first kappa shape index (κ1) is 26.6. The van der Waals surface area contributed by atoms with E-state index in [1.165, 1.54) is 0 Å². The monoisotopic (exact) mass is 511 g/mol. The zero-order chi connectivity index (χ0) is 25.7. The lowest BCUT2D eigenvalue weighted by Crippen LogP contribution is -2.59. The summed E-state index contributed by atoms with van der Waals surface area (Å²) in [5.74, 6) is -0.334. The Kier molecular flexibility index (Phi) is 6.99. The predicted octanol–water partition coefficient (Wildman–Crippen LogP) is 2.81. The average molecular weight is 512 g/mol. The first-order valence-electron chi connectivity index (χ1n) is 11.5. The highest BCUT2D eigenvalue weighted by atomic mass is 32.2. The van der Waals surface area contributed by atoms with Gasteiger partial charge in [-0.15, -0.1) is 0 Å². The van der Waals surface area contributed by atoms with E-state index in [4.69, 9.17) is 10.2 Å². The van der Waals surface area contributed by atoms with Crippen molar-refractivity contribution >= 4 is 35.8 Å². The van der Waals surface area contributed by atoms with Crippen molar-refractivity contribution in [2.75, 3.05) is 17.7 Å². The third-order valence-corrected chi connectivity index (χ3v) is 13.5. The van der Waals surface area contributed by atoms with Crippen molar-refractivity contribution < 1.29 is 27.5 Å². The van der Waals surface area contributed by atoms with E-state index < -0.39 is 41.1 Å². The molecule has 1 aromatic rings. The molecule has 2 aliphatic rings. The van der Waals surface area contributed by atoms with Crippen LogP contribution in [-0.4, -0.2) is 64.2 Å². The summed E-state index contributed by atoms with van der Waals surface area (Å²) in [6.45, 7) is 11.0. The molecule has 11 heteroatoms. The van der Waals surface area contributed by atoms with Crippen LogP contribution in [0, 0.1) is 0 Å². The lowest BCUT2D eigenvalue weighted by atomic mass is 9.95. The standard InChI is InChI=1S/C23H37N3O6SSi/c1-22(2,3)34(5,6)32-17-13-18(25-21(28)29)19(27)26(14-17)16-9-7-15(8-10-16)23(11-12-23)20(24)33(4,30)31/h7-10,17-18,20,25H,11-14,24H2,1-6H3,(H,28,29). The number of benzene rings is 1. The predicted molar refractivity (Wildman–Crippen MR) is 134 cm³/mol. The van der Waals surface area contributed by atoms with Crippen molar-refractivity contribution in [2.45, 2.75) is 81.1 Å². The number of amides is 2. The number of rotatable bonds is 7. The summed E-state index contributed by atoms with van der Waals surface area (Å²) in [5, 5.41) is 10.6. The van der Waals surface area contributed by atoms with E-state index in [2.05, 4.69) is 39.2 Å². The summed E-state index contributed by atoms with van der Waals surface area (Å²) >= 11 is 0. The van der Waals surface area contributed by atoms with E-state index in [0.717, 1.165) is 11.8 Å². The Bertz CT molecular complexity index is 1050. The number of anilines is 1. The van der Waals surface area contributed by atoms with Crippen LogP contribution in [0.2, 0.25) is 18.1 Å². The highest BCUT2D eigenvalue weighted by Gasteiger charge is 2.53. The van der Waals surface area contributed by atoms with Crippen molar-refractivity contribution in [2.24, 2.45) is 5.73 Å². The summed E-state index contributed by atoms with van der Waals surface area (Å²) < 4.78 is 30.6. The highest BCUT2D eigenvalue weighted by Crippen LogP contribution is 2.51. The zero-order valence-electron chi connectivity index (χ0n) is 20.8. The molecule has 2 fully saturated rings. The third kappa shape index (κ3) is 5.32. The molecule has 0 bridgehead atoms. The molecular weight excluding hydrogens is 474 g/mol. The first-order valence-corrected chi connectivity index (χ1v) is 16.4. The van der Waals surface area contributed by atoms with Gasteiger partial charge in [0.25, 0.3) is 0 Å². The van der Waals surface area contributed by atoms with Gasteiger partial charge in [0.05, 0.1) is 12.6 Å². The first-order chi connectivity index (χ1) is 15.5. The number of hydrogen-bond donors (Lipinski definition) is 3. The Hall–Kier alpha value is -1.95. The molecule has 34 heavy (non-hydrogen) atoms. The van der Waals surface area contributed by atoms with Gasteiger partial charge in [-0.2, -0.15) is 0 Å². The fourth-order valence-electron chi connectivity index (χ4n) is 4.36. The molecule has 0 radical (unpaired) electrons. The maximum Gasteiger partial charge on any atom is 0.405 e. The van der Waals surface area contributed by atoms with Gasteiger partial charge in [0.2, 0.25) is 5.91 Å². The van der Waals surface area contributed by atoms with E-state index in [-0.39, 0.29) is 23.5 Å². The Morgan fingerprint density at radius 2 is 1.82 bits per heavy atom. The molecular formula is C23H37N3O6SSi. The van der Waals surface area contributed by atoms with Crippen molar-refractivity contribution in [1.29, 1.82) is 0 Å². The molecule has 1 aromatic carbocycles. The Labute approximate surface area is 203 Å². The van der Waals surface area contributed by atoms with Crippen LogP contribution in [0.15, 0.2) is 24.3 Å². The number of carboxylic acid groups (broad SMARTS) is 1. The molecule has 3 unspecified atom stereocenters. The van der Waals surface area contributed by atoms with Gasteiger partial charge in [-0.25, -0.2) is 13.2 Å². The summed E-state index contributed by atoms with van der Waals surface area (Å²) in [6, 6.07) is 6.27. The van der Waals surface area contributed by atoms with Gasteiger partial charge >= 0.3 is 6.09 Å². The van der Waals surface area contributed by atoms with E-state index in [1.54, 1.807) is 17.0 Å². The van der Waals surface area contributed by atoms with Crippen LogP contribution in [0.4, 0.5) is 10.5 Å².